The highest BCUT2D eigenvalue weighted by Gasteiger charge is 2.30. The normalized spacial score (nSPS) is 11.1. The molecule has 4 nitrogen and oxygen atoms in total. The van der Waals surface area contributed by atoms with Crippen LogP contribution >= 0.6 is 0 Å². The van der Waals surface area contributed by atoms with Gasteiger partial charge in [-0.2, -0.15) is 13.2 Å². The Kier molecular flexibility index (Phi) is 7.61. The maximum atomic E-state index is 12.6. The summed E-state index contributed by atoms with van der Waals surface area (Å²) in [6.45, 7) is 2.09. The van der Waals surface area contributed by atoms with Crippen molar-refractivity contribution in [1.29, 1.82) is 0 Å². The molecule has 0 radical (unpaired) electrons. The zero-order valence-corrected chi connectivity index (χ0v) is 15.4. The lowest BCUT2D eigenvalue weighted by Gasteiger charge is -2.11. The van der Waals surface area contributed by atoms with Crippen molar-refractivity contribution in [3.8, 4) is 0 Å². The van der Waals surface area contributed by atoms with Crippen LogP contribution in [0.15, 0.2) is 48.5 Å². The number of carbonyl (C=O) groups excluding carboxylic acids is 2. The van der Waals surface area contributed by atoms with Crippen LogP contribution in [-0.2, 0) is 22.3 Å². The fraction of sp³-hybridized carbons (Fsp3) is 0.333. The Balaban J connectivity index is 1.99. The van der Waals surface area contributed by atoms with Crippen LogP contribution in [0.1, 0.15) is 58.0 Å². The number of hydrogen-bond acceptors (Lipinski definition) is 4. The van der Waals surface area contributed by atoms with Crippen molar-refractivity contribution in [2.75, 3.05) is 6.61 Å². The zero-order valence-electron chi connectivity index (χ0n) is 15.4. The molecule has 0 aliphatic rings. The monoisotopic (exact) mass is 394 g/mol. The summed E-state index contributed by atoms with van der Waals surface area (Å²) in [4.78, 5) is 24.5. The molecule has 2 aromatic carbocycles. The van der Waals surface area contributed by atoms with E-state index in [2.05, 4.69) is 0 Å². The van der Waals surface area contributed by atoms with E-state index in [1.54, 1.807) is 12.1 Å². The number of unbranched alkanes of at least 4 members (excludes halogenated alkanes) is 2. The summed E-state index contributed by atoms with van der Waals surface area (Å²) >= 11 is 0. The second-order valence-corrected chi connectivity index (χ2v) is 6.16. The van der Waals surface area contributed by atoms with Crippen LogP contribution in [0.2, 0.25) is 0 Å². The van der Waals surface area contributed by atoms with Crippen molar-refractivity contribution >= 4 is 11.9 Å². The smallest absolute Gasteiger partial charge is 0.416 e. The van der Waals surface area contributed by atoms with Gasteiger partial charge in [0.1, 0.15) is 6.61 Å². The molecule has 0 spiro atoms. The maximum absolute atomic E-state index is 12.6. The van der Waals surface area contributed by atoms with Crippen LogP contribution in [0.5, 0.6) is 0 Å². The molecule has 0 unspecified atom stereocenters. The first-order valence-corrected chi connectivity index (χ1v) is 8.92. The van der Waals surface area contributed by atoms with Gasteiger partial charge in [-0.05, 0) is 36.2 Å². The van der Waals surface area contributed by atoms with Crippen LogP contribution in [0.4, 0.5) is 13.2 Å². The molecule has 7 heteroatoms. The number of benzene rings is 2. The van der Waals surface area contributed by atoms with Crippen LogP contribution in [-0.4, -0.2) is 18.5 Å². The zero-order chi connectivity index (χ0) is 20.6. The second-order valence-electron chi connectivity index (χ2n) is 6.16. The van der Waals surface area contributed by atoms with Gasteiger partial charge in [-0.1, -0.05) is 44.0 Å². The fourth-order valence-electron chi connectivity index (χ4n) is 2.45. The molecule has 0 aromatic heterocycles. The number of ether oxygens (including phenoxy) is 2. The summed E-state index contributed by atoms with van der Waals surface area (Å²) in [5, 5.41) is 0. The first-order valence-electron chi connectivity index (χ1n) is 8.92. The summed E-state index contributed by atoms with van der Waals surface area (Å²) in [6, 6.07) is 10.4. The largest absolute Gasteiger partial charge is 0.462 e. The SMILES string of the molecule is CCCCCOC(=O)c1ccccc1C(=O)OCc1ccc(C(F)(F)F)cc1. The number of rotatable bonds is 8. The minimum atomic E-state index is -4.42. The Hall–Kier alpha value is -2.83. The molecule has 0 aliphatic carbocycles. The molecular formula is C21H21F3O4. The number of hydrogen-bond donors (Lipinski definition) is 0. The Morgan fingerprint density at radius 3 is 1.96 bits per heavy atom. The topological polar surface area (TPSA) is 52.6 Å². The molecule has 0 saturated heterocycles. The van der Waals surface area contributed by atoms with E-state index in [0.717, 1.165) is 31.4 Å². The Morgan fingerprint density at radius 1 is 0.857 bits per heavy atom. The summed E-state index contributed by atoms with van der Waals surface area (Å²) in [6.07, 6.45) is -1.76. The number of halogens is 3. The van der Waals surface area contributed by atoms with Crippen molar-refractivity contribution < 1.29 is 32.2 Å². The number of alkyl halides is 3. The fourth-order valence-corrected chi connectivity index (χ4v) is 2.45. The lowest BCUT2D eigenvalue weighted by atomic mass is 10.1. The summed E-state index contributed by atoms with van der Waals surface area (Å²) in [5.41, 5.74) is -0.231. The molecule has 2 aromatic rings. The Bertz CT molecular complexity index is 798. The van der Waals surface area contributed by atoms with Gasteiger partial charge in [0.05, 0.1) is 23.3 Å². The van der Waals surface area contributed by atoms with Crippen molar-refractivity contribution in [3.63, 3.8) is 0 Å². The van der Waals surface area contributed by atoms with Crippen LogP contribution in [0.25, 0.3) is 0 Å². The maximum Gasteiger partial charge on any atom is 0.416 e. The van der Waals surface area contributed by atoms with Crippen LogP contribution in [0, 0.1) is 0 Å². The lowest BCUT2D eigenvalue weighted by molar-refractivity contribution is -0.137. The molecule has 0 bridgehead atoms. The minimum absolute atomic E-state index is 0.0508. The highest BCUT2D eigenvalue weighted by molar-refractivity contribution is 6.03. The Labute approximate surface area is 161 Å². The quantitative estimate of drug-likeness (QED) is 0.444. The first kappa shape index (κ1) is 21.5. The van der Waals surface area contributed by atoms with E-state index in [9.17, 15) is 22.8 Å². The summed E-state index contributed by atoms with van der Waals surface area (Å²) in [5.74, 6) is -1.36. The van der Waals surface area contributed by atoms with E-state index < -0.39 is 23.7 Å². The molecule has 0 heterocycles. The van der Waals surface area contributed by atoms with Crippen molar-refractivity contribution in [1.82, 2.24) is 0 Å². The number of carbonyl (C=O) groups is 2. The van der Waals surface area contributed by atoms with Gasteiger partial charge in [0, 0.05) is 0 Å². The van der Waals surface area contributed by atoms with Gasteiger partial charge in [0.2, 0.25) is 0 Å². The van der Waals surface area contributed by atoms with E-state index in [4.69, 9.17) is 9.47 Å². The molecular weight excluding hydrogens is 373 g/mol. The molecule has 0 amide bonds. The van der Waals surface area contributed by atoms with E-state index >= 15 is 0 Å². The average Bonchev–Trinajstić information content (AvgIpc) is 2.69. The summed E-state index contributed by atoms with van der Waals surface area (Å²) < 4.78 is 48.1. The van der Waals surface area contributed by atoms with Gasteiger partial charge in [-0.15, -0.1) is 0 Å². The molecule has 0 fully saturated rings. The van der Waals surface area contributed by atoms with Crippen LogP contribution < -0.4 is 0 Å². The van der Waals surface area contributed by atoms with Gasteiger partial charge in [0.15, 0.2) is 0 Å². The third-order valence-electron chi connectivity index (χ3n) is 4.00. The van der Waals surface area contributed by atoms with E-state index in [1.807, 2.05) is 6.92 Å². The predicted molar refractivity (Wildman–Crippen MR) is 96.8 cm³/mol. The number of esters is 2. The third kappa shape index (κ3) is 6.11. The van der Waals surface area contributed by atoms with Gasteiger partial charge in [-0.3, -0.25) is 0 Å². The van der Waals surface area contributed by atoms with Crippen molar-refractivity contribution in [2.24, 2.45) is 0 Å². The first-order chi connectivity index (χ1) is 13.3. The van der Waals surface area contributed by atoms with E-state index in [-0.39, 0.29) is 24.3 Å². The van der Waals surface area contributed by atoms with E-state index in [0.29, 0.717) is 5.56 Å². The molecule has 2 rings (SSSR count). The minimum Gasteiger partial charge on any atom is -0.462 e. The average molecular weight is 394 g/mol. The highest BCUT2D eigenvalue weighted by Crippen LogP contribution is 2.29. The summed E-state index contributed by atoms with van der Waals surface area (Å²) in [7, 11) is 0. The van der Waals surface area contributed by atoms with E-state index in [1.165, 1.54) is 24.3 Å². The molecule has 0 N–H and O–H groups in total. The van der Waals surface area contributed by atoms with Gasteiger partial charge >= 0.3 is 18.1 Å². The predicted octanol–water partition coefficient (Wildman–Crippen LogP) is 5.41. The molecule has 0 saturated carbocycles. The molecule has 0 aliphatic heterocycles. The van der Waals surface area contributed by atoms with Gasteiger partial charge in [0.25, 0.3) is 0 Å². The molecule has 28 heavy (non-hydrogen) atoms. The van der Waals surface area contributed by atoms with Gasteiger partial charge < -0.3 is 9.47 Å². The third-order valence-corrected chi connectivity index (χ3v) is 4.00. The Morgan fingerprint density at radius 2 is 1.43 bits per heavy atom. The standard InChI is InChI=1S/C21H21F3O4/c1-2-3-6-13-27-19(25)17-7-4-5-8-18(17)20(26)28-14-15-9-11-16(12-10-15)21(22,23)24/h4-5,7-12H,2-3,6,13-14H2,1H3. The second kappa shape index (κ2) is 9.92. The lowest BCUT2D eigenvalue weighted by Crippen LogP contribution is -2.14. The van der Waals surface area contributed by atoms with Gasteiger partial charge in [-0.25, -0.2) is 9.59 Å². The van der Waals surface area contributed by atoms with Crippen LogP contribution in [0.3, 0.4) is 0 Å². The molecule has 0 atom stereocenters. The van der Waals surface area contributed by atoms with Crippen molar-refractivity contribution in [3.05, 3.63) is 70.8 Å². The highest BCUT2D eigenvalue weighted by atomic mass is 19.4. The van der Waals surface area contributed by atoms with Crippen molar-refractivity contribution in [2.45, 2.75) is 39.0 Å². The molecule has 150 valence electrons.